The van der Waals surface area contributed by atoms with E-state index < -0.39 is 4.33 Å². The first-order chi connectivity index (χ1) is 8.13. The van der Waals surface area contributed by atoms with Gasteiger partial charge in [-0.15, -0.1) is 0 Å². The minimum Gasteiger partial charge on any atom is -0.0967 e. The fraction of sp³-hybridized carbons (Fsp3) is 0.143. The molecule has 0 amide bonds. The molecule has 0 N–H and O–H groups in total. The molecule has 0 spiro atoms. The highest BCUT2D eigenvalue weighted by atomic mass is 35.5. The van der Waals surface area contributed by atoms with E-state index in [1.54, 1.807) is 0 Å². The molecule has 0 aliphatic heterocycles. The molecule has 0 heterocycles. The van der Waals surface area contributed by atoms with Crippen LogP contribution in [0.25, 0.3) is 11.1 Å². The van der Waals surface area contributed by atoms with E-state index in [4.69, 9.17) is 23.2 Å². The smallest absolute Gasteiger partial charge is 0.0967 e. The molecule has 0 saturated heterocycles. The zero-order valence-corrected chi connectivity index (χ0v) is 13.2. The Morgan fingerprint density at radius 1 is 0.824 bits per heavy atom. The molecule has 0 atom stereocenters. The molecule has 0 saturated carbocycles. The van der Waals surface area contributed by atoms with Gasteiger partial charge in [0.2, 0.25) is 0 Å². The summed E-state index contributed by atoms with van der Waals surface area (Å²) >= 11 is 12.5. The quantitative estimate of drug-likeness (QED) is 0.593. The van der Waals surface area contributed by atoms with Crippen molar-refractivity contribution in [1.82, 2.24) is 0 Å². The molecule has 17 heavy (non-hydrogen) atoms. The summed E-state index contributed by atoms with van der Waals surface area (Å²) < 4.78 is -0.721. The number of rotatable bonds is 3. The van der Waals surface area contributed by atoms with Gasteiger partial charge < -0.3 is 0 Å². The van der Waals surface area contributed by atoms with Crippen molar-refractivity contribution in [3.05, 3.63) is 60.2 Å². The largest absolute Gasteiger partial charge is 0.140 e. The summed E-state index contributed by atoms with van der Waals surface area (Å²) in [6, 6.07) is 19.3. The molecule has 0 bridgehead atoms. The van der Waals surface area contributed by atoms with Crippen LogP contribution < -0.4 is 0 Å². The molecule has 88 valence electrons. The number of alkyl halides is 2. The zero-order valence-electron chi connectivity index (χ0n) is 9.66. The molecule has 0 aliphatic carbocycles. The Bertz CT molecular complexity index is 477. The van der Waals surface area contributed by atoms with Crippen LogP contribution in [-0.4, -0.2) is 10.2 Å². The van der Waals surface area contributed by atoms with E-state index in [0.717, 1.165) is 21.9 Å². The summed E-state index contributed by atoms with van der Waals surface area (Å²) in [5, 5.41) is 0. The van der Waals surface area contributed by atoms with Crippen LogP contribution in [-0.2, 0) is 4.33 Å². The van der Waals surface area contributed by atoms with Crippen molar-refractivity contribution in [1.29, 1.82) is 0 Å². The third kappa shape index (κ3) is 2.92. The first-order valence-corrected chi connectivity index (χ1v) is 7.84. The summed E-state index contributed by atoms with van der Waals surface area (Å²) in [6.07, 6.45) is 0. The molecule has 3 heteroatoms. The maximum Gasteiger partial charge on any atom is 0.140 e. The predicted octanol–water partition coefficient (Wildman–Crippen LogP) is 3.77. The van der Waals surface area contributed by atoms with E-state index in [2.05, 4.69) is 24.3 Å². The van der Waals surface area contributed by atoms with Crippen LogP contribution in [0.4, 0.5) is 0 Å². The monoisotopic (exact) mass is 280 g/mol. The standard InChI is InChI=1S/C14H14Cl2Si/c15-14(16,10-17)13-8-6-12(7-9-13)11-4-2-1-3-5-11/h1-9H,10H2,17H3. The molecule has 0 aromatic heterocycles. The molecule has 0 aliphatic rings. The lowest BCUT2D eigenvalue weighted by atomic mass is 10.0. The van der Waals surface area contributed by atoms with Crippen LogP contribution in [0.3, 0.4) is 0 Å². The van der Waals surface area contributed by atoms with Crippen LogP contribution in [0.1, 0.15) is 5.56 Å². The van der Waals surface area contributed by atoms with E-state index in [-0.39, 0.29) is 0 Å². The van der Waals surface area contributed by atoms with Gasteiger partial charge in [-0.2, -0.15) is 0 Å². The van der Waals surface area contributed by atoms with Crippen LogP contribution in [0.2, 0.25) is 6.04 Å². The lowest BCUT2D eigenvalue weighted by Gasteiger charge is -2.18. The topological polar surface area (TPSA) is 0 Å². The second kappa shape index (κ2) is 5.26. The van der Waals surface area contributed by atoms with Crippen molar-refractivity contribution in [3.8, 4) is 11.1 Å². The Hall–Kier alpha value is -0.763. The van der Waals surface area contributed by atoms with Gasteiger partial charge >= 0.3 is 0 Å². The van der Waals surface area contributed by atoms with Crippen LogP contribution in [0.15, 0.2) is 54.6 Å². The number of hydrogen-bond donors (Lipinski definition) is 0. The third-order valence-electron chi connectivity index (χ3n) is 2.86. The minimum atomic E-state index is -0.721. The maximum atomic E-state index is 6.24. The lowest BCUT2D eigenvalue weighted by molar-refractivity contribution is 0.973. The van der Waals surface area contributed by atoms with Gasteiger partial charge in [0, 0.05) is 10.2 Å². The number of halogens is 2. The van der Waals surface area contributed by atoms with Crippen molar-refractivity contribution in [2.24, 2.45) is 0 Å². The van der Waals surface area contributed by atoms with Crippen LogP contribution in [0.5, 0.6) is 0 Å². The SMILES string of the molecule is [SiH3]CC(Cl)(Cl)c1ccc(-c2ccccc2)cc1. The molecule has 0 nitrogen and oxygen atoms in total. The van der Waals surface area contributed by atoms with Crippen molar-refractivity contribution in [3.63, 3.8) is 0 Å². The second-order valence-electron chi connectivity index (χ2n) is 4.00. The highest BCUT2D eigenvalue weighted by molar-refractivity contribution is 6.50. The Morgan fingerprint density at radius 2 is 1.35 bits per heavy atom. The highest BCUT2D eigenvalue weighted by Gasteiger charge is 2.23. The highest BCUT2D eigenvalue weighted by Crippen LogP contribution is 2.37. The first-order valence-electron chi connectivity index (χ1n) is 5.67. The third-order valence-corrected chi connectivity index (χ3v) is 5.79. The van der Waals surface area contributed by atoms with E-state index in [0.29, 0.717) is 0 Å². The average molecular weight is 281 g/mol. The van der Waals surface area contributed by atoms with Crippen LogP contribution >= 0.6 is 23.2 Å². The van der Waals surface area contributed by atoms with Gasteiger partial charge in [-0.25, -0.2) is 0 Å². The fourth-order valence-electron chi connectivity index (χ4n) is 1.74. The molecule has 2 aromatic rings. The summed E-state index contributed by atoms with van der Waals surface area (Å²) in [6.45, 7) is 0. The molecule has 0 unspecified atom stereocenters. The van der Waals surface area contributed by atoms with Gasteiger partial charge in [-0.3, -0.25) is 0 Å². The maximum absolute atomic E-state index is 6.24. The Morgan fingerprint density at radius 3 is 1.88 bits per heavy atom. The predicted molar refractivity (Wildman–Crippen MR) is 80.0 cm³/mol. The van der Waals surface area contributed by atoms with Crippen molar-refractivity contribution in [2.45, 2.75) is 10.4 Å². The molecule has 2 aromatic carbocycles. The summed E-state index contributed by atoms with van der Waals surface area (Å²) in [5.74, 6) is 0. The molecule has 0 radical (unpaired) electrons. The van der Waals surface area contributed by atoms with Gasteiger partial charge in [0.1, 0.15) is 4.33 Å². The van der Waals surface area contributed by atoms with Gasteiger partial charge in [-0.05, 0) is 22.7 Å². The van der Waals surface area contributed by atoms with E-state index >= 15 is 0 Å². The van der Waals surface area contributed by atoms with Gasteiger partial charge in [0.25, 0.3) is 0 Å². The van der Waals surface area contributed by atoms with Crippen molar-refractivity contribution < 1.29 is 0 Å². The van der Waals surface area contributed by atoms with Crippen LogP contribution in [0, 0.1) is 0 Å². The normalized spacial score (nSPS) is 11.6. The van der Waals surface area contributed by atoms with E-state index in [9.17, 15) is 0 Å². The molecular weight excluding hydrogens is 267 g/mol. The molecular formula is C14H14Cl2Si. The number of hydrogen-bond acceptors (Lipinski definition) is 0. The zero-order chi connectivity index (χ0) is 12.3. The number of benzene rings is 2. The van der Waals surface area contributed by atoms with Gasteiger partial charge in [0.15, 0.2) is 0 Å². The van der Waals surface area contributed by atoms with E-state index in [1.165, 1.54) is 11.1 Å². The Labute approximate surface area is 115 Å². The summed E-state index contributed by atoms with van der Waals surface area (Å²) in [4.78, 5) is 0. The second-order valence-corrected chi connectivity index (χ2v) is 6.19. The fourth-order valence-corrected chi connectivity index (χ4v) is 2.40. The van der Waals surface area contributed by atoms with Crippen molar-refractivity contribution in [2.75, 3.05) is 0 Å². The Kier molecular flexibility index (Phi) is 3.92. The first kappa shape index (κ1) is 12.7. The summed E-state index contributed by atoms with van der Waals surface area (Å²) in [7, 11) is 0.992. The van der Waals surface area contributed by atoms with Gasteiger partial charge in [0.05, 0.1) is 0 Å². The lowest BCUT2D eigenvalue weighted by Crippen LogP contribution is -2.08. The van der Waals surface area contributed by atoms with Crippen molar-refractivity contribution >= 4 is 33.4 Å². The van der Waals surface area contributed by atoms with Gasteiger partial charge in [-0.1, -0.05) is 77.8 Å². The average Bonchev–Trinajstić information content (AvgIpc) is 2.40. The Balaban J connectivity index is 2.31. The summed E-state index contributed by atoms with van der Waals surface area (Å²) in [5.41, 5.74) is 3.38. The minimum absolute atomic E-state index is 0.721. The van der Waals surface area contributed by atoms with E-state index in [1.807, 2.05) is 30.3 Å². The molecule has 0 fully saturated rings. The molecule has 2 rings (SSSR count).